The Balaban J connectivity index is 1.53. The molecule has 4 nitrogen and oxygen atoms in total. The van der Waals surface area contributed by atoms with E-state index >= 15 is 0 Å². The Morgan fingerprint density at radius 3 is 2.73 bits per heavy atom. The van der Waals surface area contributed by atoms with Gasteiger partial charge in [0.1, 0.15) is 16.5 Å². The van der Waals surface area contributed by atoms with E-state index in [0.717, 1.165) is 37.8 Å². The molecule has 1 aromatic carbocycles. The van der Waals surface area contributed by atoms with E-state index in [0.29, 0.717) is 4.88 Å². The van der Waals surface area contributed by atoms with Gasteiger partial charge in [-0.2, -0.15) is 0 Å². The SMILES string of the molecule is C[C@H](NC(=O)COC(=O)c1cc2c(s1)CCCC2)c1ccc(F)cc1F. The number of benzene rings is 1. The standard InChI is InChI=1S/C19H19F2NO3S/c1-11(14-7-6-13(20)9-15(14)21)22-18(23)10-25-19(24)17-8-12-4-2-3-5-16(12)26-17/h6-9,11H,2-5,10H2,1H3,(H,22,23)/t11-/m0/s1. The number of fused-ring (bicyclic) bond motifs is 1. The smallest absolute Gasteiger partial charge is 0.348 e. The van der Waals surface area contributed by atoms with Crippen LogP contribution in [0.1, 0.15) is 51.5 Å². The number of halogens is 2. The van der Waals surface area contributed by atoms with Crippen molar-refractivity contribution in [2.24, 2.45) is 0 Å². The largest absolute Gasteiger partial charge is 0.451 e. The van der Waals surface area contributed by atoms with E-state index in [-0.39, 0.29) is 5.56 Å². The summed E-state index contributed by atoms with van der Waals surface area (Å²) in [5.41, 5.74) is 1.36. The Bertz CT molecular complexity index is 811. The molecule has 0 spiro atoms. The maximum Gasteiger partial charge on any atom is 0.348 e. The topological polar surface area (TPSA) is 55.4 Å². The normalized spacial score (nSPS) is 14.4. The van der Waals surface area contributed by atoms with E-state index in [1.807, 2.05) is 6.07 Å². The van der Waals surface area contributed by atoms with Gasteiger partial charge < -0.3 is 10.1 Å². The molecule has 0 fully saturated rings. The summed E-state index contributed by atoms with van der Waals surface area (Å²) >= 11 is 1.42. The first-order valence-corrected chi connectivity index (χ1v) is 9.28. The predicted octanol–water partition coefficient (Wildman–Crippen LogP) is 3.94. The lowest BCUT2D eigenvalue weighted by Crippen LogP contribution is -2.31. The van der Waals surface area contributed by atoms with Gasteiger partial charge in [0.15, 0.2) is 6.61 Å². The zero-order valence-corrected chi connectivity index (χ0v) is 15.1. The lowest BCUT2D eigenvalue weighted by atomic mass is 9.99. The Morgan fingerprint density at radius 1 is 1.23 bits per heavy atom. The fraction of sp³-hybridized carbons (Fsp3) is 0.368. The molecule has 2 aromatic rings. The molecule has 3 rings (SSSR count). The van der Waals surface area contributed by atoms with E-state index in [9.17, 15) is 18.4 Å². The Kier molecular flexibility index (Phi) is 5.66. The van der Waals surface area contributed by atoms with Gasteiger partial charge in [0.25, 0.3) is 5.91 Å². The number of thiophene rings is 1. The van der Waals surface area contributed by atoms with Crippen LogP contribution in [0.3, 0.4) is 0 Å². The van der Waals surface area contributed by atoms with Gasteiger partial charge in [-0.25, -0.2) is 13.6 Å². The maximum absolute atomic E-state index is 13.7. The molecular weight excluding hydrogens is 360 g/mol. The van der Waals surface area contributed by atoms with Gasteiger partial charge in [0.05, 0.1) is 6.04 Å². The first-order valence-electron chi connectivity index (χ1n) is 8.47. The molecule has 1 N–H and O–H groups in total. The van der Waals surface area contributed by atoms with Gasteiger partial charge in [0.2, 0.25) is 0 Å². The van der Waals surface area contributed by atoms with Gasteiger partial charge in [-0.15, -0.1) is 11.3 Å². The second kappa shape index (κ2) is 7.95. The highest BCUT2D eigenvalue weighted by Crippen LogP contribution is 2.30. The summed E-state index contributed by atoms with van der Waals surface area (Å²) < 4.78 is 31.7. The van der Waals surface area contributed by atoms with Crippen molar-refractivity contribution < 1.29 is 23.1 Å². The summed E-state index contributed by atoms with van der Waals surface area (Å²) in [7, 11) is 0. The van der Waals surface area contributed by atoms with Crippen molar-refractivity contribution in [3.63, 3.8) is 0 Å². The van der Waals surface area contributed by atoms with Crippen molar-refractivity contribution in [2.45, 2.75) is 38.6 Å². The average molecular weight is 379 g/mol. The summed E-state index contributed by atoms with van der Waals surface area (Å²) in [6.07, 6.45) is 4.20. The number of nitrogens with one attached hydrogen (secondary N) is 1. The molecule has 0 saturated heterocycles. The molecule has 1 aliphatic carbocycles. The minimum atomic E-state index is -0.737. The molecule has 0 unspecified atom stereocenters. The molecule has 1 aliphatic rings. The van der Waals surface area contributed by atoms with Crippen LogP contribution in [-0.4, -0.2) is 18.5 Å². The van der Waals surface area contributed by atoms with Crippen LogP contribution in [0.15, 0.2) is 24.3 Å². The quantitative estimate of drug-likeness (QED) is 0.801. The zero-order valence-electron chi connectivity index (χ0n) is 14.3. The summed E-state index contributed by atoms with van der Waals surface area (Å²) in [5, 5.41) is 2.54. The second-order valence-corrected chi connectivity index (χ2v) is 7.43. The Labute approximate surface area is 154 Å². The first kappa shape index (κ1) is 18.5. The van der Waals surface area contributed by atoms with Crippen molar-refractivity contribution in [2.75, 3.05) is 6.61 Å². The molecule has 1 heterocycles. The number of rotatable bonds is 5. The number of esters is 1. The monoisotopic (exact) mass is 379 g/mol. The van der Waals surface area contributed by atoms with Crippen LogP contribution < -0.4 is 5.32 Å². The number of hydrogen-bond acceptors (Lipinski definition) is 4. The van der Waals surface area contributed by atoms with Crippen LogP contribution in [-0.2, 0) is 22.4 Å². The maximum atomic E-state index is 13.7. The Hall–Kier alpha value is -2.28. The van der Waals surface area contributed by atoms with Gasteiger partial charge in [0, 0.05) is 16.5 Å². The van der Waals surface area contributed by atoms with Gasteiger partial charge in [-0.1, -0.05) is 6.07 Å². The molecule has 0 saturated carbocycles. The number of aryl methyl sites for hydroxylation is 2. The van der Waals surface area contributed by atoms with Gasteiger partial charge >= 0.3 is 5.97 Å². The summed E-state index contributed by atoms with van der Waals surface area (Å²) in [6.45, 7) is 1.12. The number of ether oxygens (including phenoxy) is 1. The van der Waals surface area contributed by atoms with Crippen LogP contribution >= 0.6 is 11.3 Å². The molecule has 0 radical (unpaired) electrons. The van der Waals surface area contributed by atoms with Crippen LogP contribution in [0, 0.1) is 11.6 Å². The van der Waals surface area contributed by atoms with Gasteiger partial charge in [-0.05, 0) is 50.3 Å². The third-order valence-corrected chi connectivity index (χ3v) is 5.56. The third-order valence-electron chi connectivity index (χ3n) is 4.34. The van der Waals surface area contributed by atoms with E-state index in [1.54, 1.807) is 6.92 Å². The van der Waals surface area contributed by atoms with Crippen LogP contribution in [0.5, 0.6) is 0 Å². The van der Waals surface area contributed by atoms with E-state index in [1.165, 1.54) is 27.8 Å². The van der Waals surface area contributed by atoms with Crippen molar-refractivity contribution in [3.8, 4) is 0 Å². The van der Waals surface area contributed by atoms with Crippen LogP contribution in [0.25, 0.3) is 0 Å². The summed E-state index contributed by atoms with van der Waals surface area (Å²) in [6, 6.07) is 4.33. The van der Waals surface area contributed by atoms with Crippen LogP contribution in [0.2, 0.25) is 0 Å². The highest BCUT2D eigenvalue weighted by Gasteiger charge is 2.20. The van der Waals surface area contributed by atoms with E-state index in [4.69, 9.17) is 4.74 Å². The number of hydrogen-bond donors (Lipinski definition) is 1. The molecule has 1 atom stereocenters. The Morgan fingerprint density at radius 2 is 2.00 bits per heavy atom. The zero-order chi connectivity index (χ0) is 18.7. The predicted molar refractivity (Wildman–Crippen MR) is 94.2 cm³/mol. The average Bonchev–Trinajstić information content (AvgIpc) is 3.03. The molecule has 7 heteroatoms. The van der Waals surface area contributed by atoms with Crippen molar-refractivity contribution in [3.05, 3.63) is 56.8 Å². The molecule has 0 aliphatic heterocycles. The van der Waals surface area contributed by atoms with Gasteiger partial charge in [-0.3, -0.25) is 4.79 Å². The number of carbonyl (C=O) groups is 2. The summed E-state index contributed by atoms with van der Waals surface area (Å²) in [4.78, 5) is 25.8. The molecule has 138 valence electrons. The molecule has 0 bridgehead atoms. The minimum absolute atomic E-state index is 0.164. The molecule has 1 aromatic heterocycles. The van der Waals surface area contributed by atoms with Crippen LogP contribution in [0.4, 0.5) is 8.78 Å². The number of carbonyl (C=O) groups excluding carboxylic acids is 2. The summed E-state index contributed by atoms with van der Waals surface area (Å²) in [5.74, 6) is -2.49. The highest BCUT2D eigenvalue weighted by atomic mass is 32.1. The fourth-order valence-electron chi connectivity index (χ4n) is 3.01. The molecular formula is C19H19F2NO3S. The lowest BCUT2D eigenvalue weighted by molar-refractivity contribution is -0.124. The highest BCUT2D eigenvalue weighted by molar-refractivity contribution is 7.14. The fourth-order valence-corrected chi connectivity index (χ4v) is 4.15. The second-order valence-electron chi connectivity index (χ2n) is 6.30. The van der Waals surface area contributed by atoms with E-state index in [2.05, 4.69) is 5.32 Å². The van der Waals surface area contributed by atoms with Crippen molar-refractivity contribution in [1.82, 2.24) is 5.32 Å². The third kappa shape index (κ3) is 4.27. The van der Waals surface area contributed by atoms with E-state index < -0.39 is 36.2 Å². The molecule has 1 amide bonds. The molecule has 26 heavy (non-hydrogen) atoms. The number of amides is 1. The minimum Gasteiger partial charge on any atom is -0.451 e. The first-order chi connectivity index (χ1) is 12.4. The lowest BCUT2D eigenvalue weighted by Gasteiger charge is -2.15. The van der Waals surface area contributed by atoms with Crippen molar-refractivity contribution in [1.29, 1.82) is 0 Å². The van der Waals surface area contributed by atoms with Crippen molar-refractivity contribution >= 4 is 23.2 Å².